The van der Waals surface area contributed by atoms with Crippen molar-refractivity contribution in [1.82, 2.24) is 4.90 Å². The van der Waals surface area contributed by atoms with E-state index in [1.54, 1.807) is 0 Å². The summed E-state index contributed by atoms with van der Waals surface area (Å²) < 4.78 is 0. The Morgan fingerprint density at radius 1 is 1.24 bits per heavy atom. The van der Waals surface area contributed by atoms with E-state index in [0.29, 0.717) is 24.2 Å². The number of rotatable bonds is 4. The lowest BCUT2D eigenvalue weighted by atomic mass is 9.93. The summed E-state index contributed by atoms with van der Waals surface area (Å²) in [6.45, 7) is 10.1. The molecule has 2 atom stereocenters. The van der Waals surface area contributed by atoms with Crippen molar-refractivity contribution < 1.29 is 9.59 Å². The van der Waals surface area contributed by atoms with E-state index in [9.17, 15) is 9.59 Å². The lowest BCUT2D eigenvalue weighted by molar-refractivity contribution is -0.135. The first-order valence-corrected chi connectivity index (χ1v) is 7.95. The van der Waals surface area contributed by atoms with E-state index >= 15 is 0 Å². The van der Waals surface area contributed by atoms with Crippen molar-refractivity contribution in [2.75, 3.05) is 13.1 Å². The number of nitrogens with zero attached hydrogens (tertiary/aromatic N) is 1. The smallest absolute Gasteiger partial charge is 0.226 e. The van der Waals surface area contributed by atoms with E-state index in [2.05, 4.69) is 33.8 Å². The minimum atomic E-state index is -0.230. The van der Waals surface area contributed by atoms with Crippen LogP contribution >= 0.6 is 0 Å². The molecule has 1 aliphatic heterocycles. The first-order chi connectivity index (χ1) is 9.73. The lowest BCUT2D eigenvalue weighted by Crippen LogP contribution is -2.40. The quantitative estimate of drug-likeness (QED) is 0.808. The predicted molar refractivity (Wildman–Crippen MR) is 83.3 cm³/mol. The second kappa shape index (κ2) is 5.82. The molecule has 4 nitrogen and oxygen atoms in total. The molecule has 118 valence electrons. The van der Waals surface area contributed by atoms with Gasteiger partial charge < -0.3 is 10.6 Å². The van der Waals surface area contributed by atoms with Crippen LogP contribution in [-0.2, 0) is 9.59 Å². The molecule has 1 aliphatic carbocycles. The third-order valence-corrected chi connectivity index (χ3v) is 5.11. The van der Waals surface area contributed by atoms with Crippen LogP contribution in [0.5, 0.6) is 0 Å². The summed E-state index contributed by atoms with van der Waals surface area (Å²) in [6, 6.07) is 0. The molecule has 2 rings (SSSR count). The first kappa shape index (κ1) is 16.1. The van der Waals surface area contributed by atoms with Crippen LogP contribution in [0.4, 0.5) is 0 Å². The van der Waals surface area contributed by atoms with Crippen LogP contribution < -0.4 is 5.73 Å². The topological polar surface area (TPSA) is 63.4 Å². The number of allylic oxidation sites excluding steroid dienone is 2. The van der Waals surface area contributed by atoms with Gasteiger partial charge in [0.2, 0.25) is 11.8 Å². The Bertz CT molecular complexity index is 455. The molecule has 0 aromatic carbocycles. The third kappa shape index (κ3) is 3.47. The zero-order valence-electron chi connectivity index (χ0n) is 13.7. The highest BCUT2D eigenvalue weighted by Gasteiger charge is 2.61. The fourth-order valence-electron chi connectivity index (χ4n) is 3.66. The van der Waals surface area contributed by atoms with Gasteiger partial charge in [0, 0.05) is 19.5 Å². The van der Waals surface area contributed by atoms with Gasteiger partial charge in [0.1, 0.15) is 0 Å². The van der Waals surface area contributed by atoms with Crippen LogP contribution in [0.1, 0.15) is 47.0 Å². The molecule has 0 bridgehead atoms. The predicted octanol–water partition coefficient (Wildman–Crippen LogP) is 2.34. The fourth-order valence-corrected chi connectivity index (χ4v) is 3.66. The third-order valence-electron chi connectivity index (χ3n) is 5.11. The van der Waals surface area contributed by atoms with Crippen LogP contribution in [0.25, 0.3) is 0 Å². The average molecular weight is 292 g/mol. The summed E-state index contributed by atoms with van der Waals surface area (Å²) in [5.41, 5.74) is 6.61. The number of carbonyl (C=O) groups excluding carboxylic acids is 2. The van der Waals surface area contributed by atoms with Crippen LogP contribution in [0.15, 0.2) is 11.6 Å². The van der Waals surface area contributed by atoms with Crippen molar-refractivity contribution in [1.29, 1.82) is 0 Å². The molecule has 0 aromatic heterocycles. The largest absolute Gasteiger partial charge is 0.370 e. The molecule has 2 N–H and O–H groups in total. The van der Waals surface area contributed by atoms with Gasteiger partial charge in [-0.1, -0.05) is 25.5 Å². The van der Waals surface area contributed by atoms with Gasteiger partial charge in [-0.15, -0.1) is 0 Å². The van der Waals surface area contributed by atoms with E-state index in [4.69, 9.17) is 5.73 Å². The maximum Gasteiger partial charge on any atom is 0.226 e. The second-order valence-corrected chi connectivity index (χ2v) is 7.51. The maximum absolute atomic E-state index is 12.7. The summed E-state index contributed by atoms with van der Waals surface area (Å²) in [4.78, 5) is 25.7. The monoisotopic (exact) mass is 292 g/mol. The highest BCUT2D eigenvalue weighted by molar-refractivity contribution is 5.84. The van der Waals surface area contributed by atoms with Crippen LogP contribution in [0.3, 0.4) is 0 Å². The van der Waals surface area contributed by atoms with Gasteiger partial charge in [0.25, 0.3) is 0 Å². The van der Waals surface area contributed by atoms with Crippen molar-refractivity contribution >= 4 is 11.8 Å². The average Bonchev–Trinajstić information content (AvgIpc) is 2.89. The van der Waals surface area contributed by atoms with Crippen molar-refractivity contribution in [3.05, 3.63) is 11.6 Å². The maximum atomic E-state index is 12.7. The van der Waals surface area contributed by atoms with Crippen molar-refractivity contribution in [3.8, 4) is 0 Å². The summed E-state index contributed by atoms with van der Waals surface area (Å²) >= 11 is 0. The van der Waals surface area contributed by atoms with Gasteiger partial charge in [-0.05, 0) is 43.9 Å². The summed E-state index contributed by atoms with van der Waals surface area (Å²) in [5, 5.41) is 0. The summed E-state index contributed by atoms with van der Waals surface area (Å²) in [7, 11) is 0. The molecule has 1 heterocycles. The SMILES string of the molecule is CC(C)=CC1C(C(=O)N2CCC(CC(N)=O)CC2)C1(C)C. The van der Waals surface area contributed by atoms with Crippen molar-refractivity contribution in [2.45, 2.75) is 47.0 Å². The molecule has 0 spiro atoms. The molecule has 2 fully saturated rings. The molecule has 4 heteroatoms. The molecule has 1 saturated heterocycles. The highest BCUT2D eigenvalue weighted by Crippen LogP contribution is 2.60. The van der Waals surface area contributed by atoms with Crippen LogP contribution in [0.2, 0.25) is 0 Å². The normalized spacial score (nSPS) is 28.1. The molecular formula is C17H28N2O2. The van der Waals surface area contributed by atoms with E-state index in [0.717, 1.165) is 25.9 Å². The van der Waals surface area contributed by atoms with Gasteiger partial charge in [-0.3, -0.25) is 9.59 Å². The first-order valence-electron chi connectivity index (χ1n) is 7.95. The molecule has 2 aliphatic rings. The summed E-state index contributed by atoms with van der Waals surface area (Å²) in [6.07, 6.45) is 4.49. The van der Waals surface area contributed by atoms with E-state index in [1.165, 1.54) is 5.57 Å². The number of nitrogens with two attached hydrogens (primary N) is 1. The van der Waals surface area contributed by atoms with E-state index in [-0.39, 0.29) is 17.2 Å². The molecule has 2 unspecified atom stereocenters. The van der Waals surface area contributed by atoms with Gasteiger partial charge >= 0.3 is 0 Å². The number of hydrogen-bond acceptors (Lipinski definition) is 2. The number of primary amides is 1. The molecule has 0 radical (unpaired) electrons. The molecule has 2 amide bonds. The summed E-state index contributed by atoms with van der Waals surface area (Å²) in [5.74, 6) is 0.914. The minimum Gasteiger partial charge on any atom is -0.370 e. The van der Waals surface area contributed by atoms with Gasteiger partial charge in [0.05, 0.1) is 5.92 Å². The Morgan fingerprint density at radius 2 is 1.81 bits per heavy atom. The number of piperidine rings is 1. The van der Waals surface area contributed by atoms with Gasteiger partial charge in [-0.25, -0.2) is 0 Å². The fraction of sp³-hybridized carbons (Fsp3) is 0.765. The Hall–Kier alpha value is -1.32. The second-order valence-electron chi connectivity index (χ2n) is 7.51. The zero-order chi connectivity index (χ0) is 15.8. The Morgan fingerprint density at radius 3 is 2.29 bits per heavy atom. The molecular weight excluding hydrogens is 264 g/mol. The molecule has 1 saturated carbocycles. The molecule has 21 heavy (non-hydrogen) atoms. The zero-order valence-corrected chi connectivity index (χ0v) is 13.7. The van der Waals surface area contributed by atoms with Gasteiger partial charge in [0.15, 0.2) is 0 Å². The number of hydrogen-bond donors (Lipinski definition) is 1. The Kier molecular flexibility index (Phi) is 4.45. The van der Waals surface area contributed by atoms with Gasteiger partial charge in [-0.2, -0.15) is 0 Å². The van der Waals surface area contributed by atoms with Crippen molar-refractivity contribution in [3.63, 3.8) is 0 Å². The molecule has 0 aromatic rings. The number of likely N-dealkylation sites (tertiary alicyclic amines) is 1. The number of amides is 2. The minimum absolute atomic E-state index is 0.0818. The van der Waals surface area contributed by atoms with Crippen LogP contribution in [0, 0.1) is 23.2 Å². The standard InChI is InChI=1S/C17H28N2O2/c1-11(2)9-13-15(17(13,3)4)16(21)19-7-5-12(6-8-19)10-14(18)20/h9,12-13,15H,5-8,10H2,1-4H3,(H2,18,20). The van der Waals surface area contributed by atoms with Crippen LogP contribution in [-0.4, -0.2) is 29.8 Å². The highest BCUT2D eigenvalue weighted by atomic mass is 16.2. The van der Waals surface area contributed by atoms with E-state index in [1.807, 2.05) is 4.90 Å². The Balaban J connectivity index is 1.91. The number of carbonyl (C=O) groups is 2. The van der Waals surface area contributed by atoms with E-state index < -0.39 is 0 Å². The lowest BCUT2D eigenvalue weighted by Gasteiger charge is -2.32. The Labute approximate surface area is 127 Å². The van der Waals surface area contributed by atoms with Crippen molar-refractivity contribution in [2.24, 2.45) is 28.9 Å².